The van der Waals surface area contributed by atoms with Crippen LogP contribution in [0, 0.1) is 5.82 Å². The summed E-state index contributed by atoms with van der Waals surface area (Å²) in [5, 5.41) is 1.02. The standard InChI is InChI=1S/C26H29FN6O2S/c1-3-18-15-20(31-36(34,35)22-8-5-19(27)6-9-22)7-10-24(18)33(4-2)21-12-14-32(16-21)26-23-11-13-28-25(23)29-17-30-26/h5-11,13,15,17,21,31H,3-4,12,14,16H2,1-2H3,(H,28,29,30). The molecule has 0 amide bonds. The van der Waals surface area contributed by atoms with Gasteiger partial charge in [-0.05, 0) is 73.9 Å². The van der Waals surface area contributed by atoms with Crippen molar-refractivity contribution in [3.05, 3.63) is 72.4 Å². The molecule has 1 saturated heterocycles. The smallest absolute Gasteiger partial charge is 0.261 e. The molecule has 8 nitrogen and oxygen atoms in total. The number of aromatic nitrogens is 3. The summed E-state index contributed by atoms with van der Waals surface area (Å²) in [5.41, 5.74) is 3.48. The Hall–Kier alpha value is -3.66. The summed E-state index contributed by atoms with van der Waals surface area (Å²) in [6.45, 7) is 6.77. The maximum atomic E-state index is 13.2. The normalized spacial score (nSPS) is 16.0. The van der Waals surface area contributed by atoms with E-state index in [1.807, 2.05) is 24.4 Å². The van der Waals surface area contributed by atoms with Crippen LogP contribution in [0.4, 0.5) is 21.6 Å². The molecule has 1 aliphatic heterocycles. The van der Waals surface area contributed by atoms with Gasteiger partial charge in [0.25, 0.3) is 10.0 Å². The number of aryl methyl sites for hydroxylation is 1. The van der Waals surface area contributed by atoms with Crippen LogP contribution in [0.15, 0.2) is 66.0 Å². The zero-order valence-electron chi connectivity index (χ0n) is 20.3. The molecule has 2 aromatic heterocycles. The predicted molar refractivity (Wildman–Crippen MR) is 141 cm³/mol. The molecule has 188 valence electrons. The minimum absolute atomic E-state index is 0.0218. The number of nitrogens with zero attached hydrogens (tertiary/aromatic N) is 4. The van der Waals surface area contributed by atoms with Gasteiger partial charge in [-0.1, -0.05) is 6.92 Å². The molecule has 1 fully saturated rings. The second-order valence-electron chi connectivity index (χ2n) is 8.87. The van der Waals surface area contributed by atoms with E-state index in [1.54, 1.807) is 12.4 Å². The van der Waals surface area contributed by atoms with E-state index in [1.165, 1.54) is 12.1 Å². The van der Waals surface area contributed by atoms with Gasteiger partial charge in [0.05, 0.1) is 10.3 Å². The summed E-state index contributed by atoms with van der Waals surface area (Å²) in [6, 6.07) is 12.8. The van der Waals surface area contributed by atoms with Crippen LogP contribution in [-0.2, 0) is 16.4 Å². The van der Waals surface area contributed by atoms with Crippen LogP contribution in [0.1, 0.15) is 25.8 Å². The van der Waals surface area contributed by atoms with E-state index in [4.69, 9.17) is 0 Å². The third-order valence-corrected chi connectivity index (χ3v) is 8.12. The third-order valence-electron chi connectivity index (χ3n) is 6.72. The Morgan fingerprint density at radius 1 is 1.14 bits per heavy atom. The van der Waals surface area contributed by atoms with E-state index in [0.717, 1.165) is 72.7 Å². The third kappa shape index (κ3) is 4.60. The van der Waals surface area contributed by atoms with Crippen LogP contribution in [-0.4, -0.2) is 49.0 Å². The Labute approximate surface area is 210 Å². The van der Waals surface area contributed by atoms with Gasteiger partial charge < -0.3 is 14.8 Å². The molecule has 0 radical (unpaired) electrons. The van der Waals surface area contributed by atoms with Crippen LogP contribution in [0.2, 0.25) is 0 Å². The molecule has 1 aliphatic rings. The highest BCUT2D eigenvalue weighted by molar-refractivity contribution is 7.92. The zero-order chi connectivity index (χ0) is 25.3. The van der Waals surface area contributed by atoms with Gasteiger partial charge in [-0.2, -0.15) is 0 Å². The first-order valence-corrected chi connectivity index (χ1v) is 13.6. The number of H-pyrrole nitrogens is 1. The zero-order valence-corrected chi connectivity index (χ0v) is 21.1. The number of halogens is 1. The van der Waals surface area contributed by atoms with Gasteiger partial charge in [-0.3, -0.25) is 4.72 Å². The van der Waals surface area contributed by atoms with Gasteiger partial charge >= 0.3 is 0 Å². The van der Waals surface area contributed by atoms with Crippen molar-refractivity contribution in [1.29, 1.82) is 0 Å². The average Bonchev–Trinajstić information content (AvgIpc) is 3.55. The topological polar surface area (TPSA) is 94.2 Å². The van der Waals surface area contributed by atoms with Crippen molar-refractivity contribution in [3.63, 3.8) is 0 Å². The molecule has 2 aromatic carbocycles. The summed E-state index contributed by atoms with van der Waals surface area (Å²) in [7, 11) is -3.81. The number of hydrogen-bond donors (Lipinski definition) is 2. The molecule has 0 aliphatic carbocycles. The van der Waals surface area contributed by atoms with Gasteiger partial charge in [0, 0.05) is 43.2 Å². The Morgan fingerprint density at radius 3 is 2.69 bits per heavy atom. The lowest BCUT2D eigenvalue weighted by Crippen LogP contribution is -2.38. The number of benzene rings is 2. The Kier molecular flexibility index (Phi) is 6.53. The van der Waals surface area contributed by atoms with Crippen LogP contribution >= 0.6 is 0 Å². The quantitative estimate of drug-likeness (QED) is 0.362. The van der Waals surface area contributed by atoms with Gasteiger partial charge in [-0.25, -0.2) is 22.8 Å². The number of nitrogens with one attached hydrogen (secondary N) is 2. The minimum atomic E-state index is -3.81. The first-order valence-electron chi connectivity index (χ1n) is 12.1. The van der Waals surface area contributed by atoms with E-state index < -0.39 is 15.8 Å². The van der Waals surface area contributed by atoms with Crippen molar-refractivity contribution in [2.45, 2.75) is 37.6 Å². The van der Waals surface area contributed by atoms with Gasteiger partial charge in [-0.15, -0.1) is 0 Å². The molecule has 1 atom stereocenters. The molecular weight excluding hydrogens is 479 g/mol. The average molecular weight is 509 g/mol. The highest BCUT2D eigenvalue weighted by Crippen LogP contribution is 2.32. The summed E-state index contributed by atoms with van der Waals surface area (Å²) in [6.07, 6.45) is 5.23. The summed E-state index contributed by atoms with van der Waals surface area (Å²) in [5.74, 6) is 0.468. The second kappa shape index (κ2) is 9.77. The van der Waals surface area contributed by atoms with Crippen LogP contribution in [0.5, 0.6) is 0 Å². The number of rotatable bonds is 8. The molecule has 0 bridgehead atoms. The molecule has 3 heterocycles. The van der Waals surface area contributed by atoms with Crippen molar-refractivity contribution < 1.29 is 12.8 Å². The van der Waals surface area contributed by atoms with Crippen LogP contribution in [0.25, 0.3) is 11.0 Å². The lowest BCUT2D eigenvalue weighted by molar-refractivity contribution is 0.599. The molecule has 2 N–H and O–H groups in total. The molecule has 1 unspecified atom stereocenters. The largest absolute Gasteiger partial charge is 0.367 e. The summed E-state index contributed by atoms with van der Waals surface area (Å²) >= 11 is 0. The Balaban J connectivity index is 1.36. The minimum Gasteiger partial charge on any atom is -0.367 e. The highest BCUT2D eigenvalue weighted by Gasteiger charge is 2.30. The van der Waals surface area contributed by atoms with Crippen molar-refractivity contribution in [2.24, 2.45) is 0 Å². The molecule has 5 rings (SSSR count). The number of likely N-dealkylation sites (N-methyl/N-ethyl adjacent to an activating group) is 1. The van der Waals surface area contributed by atoms with Gasteiger partial charge in [0.15, 0.2) is 0 Å². The van der Waals surface area contributed by atoms with Gasteiger partial charge in [0.1, 0.15) is 23.6 Å². The van der Waals surface area contributed by atoms with E-state index in [2.05, 4.69) is 43.3 Å². The maximum absolute atomic E-state index is 13.2. The summed E-state index contributed by atoms with van der Waals surface area (Å²) < 4.78 is 41.4. The summed E-state index contributed by atoms with van der Waals surface area (Å²) in [4.78, 5) is 16.7. The van der Waals surface area contributed by atoms with Crippen molar-refractivity contribution in [1.82, 2.24) is 15.0 Å². The van der Waals surface area contributed by atoms with Crippen LogP contribution in [0.3, 0.4) is 0 Å². The fourth-order valence-electron chi connectivity index (χ4n) is 4.96. The number of aromatic amines is 1. The first-order chi connectivity index (χ1) is 17.4. The SMILES string of the molecule is CCc1cc(NS(=O)(=O)c2ccc(F)cc2)ccc1N(CC)C1CCN(c2ncnc3[nH]ccc23)C1. The molecule has 4 aromatic rings. The van der Waals surface area contributed by atoms with E-state index in [-0.39, 0.29) is 4.90 Å². The molecule has 10 heteroatoms. The van der Waals surface area contributed by atoms with E-state index >= 15 is 0 Å². The molecular formula is C26H29FN6O2S. The number of hydrogen-bond acceptors (Lipinski definition) is 6. The molecule has 0 spiro atoms. The maximum Gasteiger partial charge on any atom is 0.261 e. The van der Waals surface area contributed by atoms with Gasteiger partial charge in [0.2, 0.25) is 0 Å². The van der Waals surface area contributed by atoms with Crippen molar-refractivity contribution >= 4 is 38.2 Å². The van der Waals surface area contributed by atoms with Crippen LogP contribution < -0.4 is 14.5 Å². The molecule has 36 heavy (non-hydrogen) atoms. The lowest BCUT2D eigenvalue weighted by Gasteiger charge is -2.32. The van der Waals surface area contributed by atoms with E-state index in [9.17, 15) is 12.8 Å². The number of sulfonamides is 1. The highest BCUT2D eigenvalue weighted by atomic mass is 32.2. The predicted octanol–water partition coefficient (Wildman–Crippen LogP) is 4.57. The monoisotopic (exact) mass is 508 g/mol. The number of fused-ring (bicyclic) bond motifs is 1. The first kappa shape index (κ1) is 24.1. The lowest BCUT2D eigenvalue weighted by atomic mass is 10.1. The fraction of sp³-hybridized carbons (Fsp3) is 0.308. The number of anilines is 3. The molecule has 0 saturated carbocycles. The van der Waals surface area contributed by atoms with Crippen molar-refractivity contribution in [2.75, 3.05) is 34.2 Å². The second-order valence-corrected chi connectivity index (χ2v) is 10.6. The van der Waals surface area contributed by atoms with E-state index in [0.29, 0.717) is 11.7 Å². The Morgan fingerprint density at radius 2 is 1.94 bits per heavy atom. The Bertz CT molecular complexity index is 1470. The fourth-order valence-corrected chi connectivity index (χ4v) is 6.01. The van der Waals surface area contributed by atoms with Crippen molar-refractivity contribution in [3.8, 4) is 0 Å².